The molecule has 0 amide bonds. The highest BCUT2D eigenvalue weighted by Crippen LogP contribution is 2.30. The highest BCUT2D eigenvalue weighted by Gasteiger charge is 2.26. The van der Waals surface area contributed by atoms with Crippen molar-refractivity contribution in [3.05, 3.63) is 28.3 Å². The molecule has 0 heterocycles. The number of nitro benzene ring substituents is 1. The van der Waals surface area contributed by atoms with Crippen LogP contribution >= 0.6 is 0 Å². The van der Waals surface area contributed by atoms with Crippen molar-refractivity contribution in [3.8, 4) is 6.19 Å². The van der Waals surface area contributed by atoms with Crippen LogP contribution in [0.25, 0.3) is 0 Å². The Morgan fingerprint density at radius 1 is 1.10 bits per heavy atom. The van der Waals surface area contributed by atoms with Gasteiger partial charge < -0.3 is 5.32 Å². The smallest absolute Gasteiger partial charge is 0.270 e. The zero-order chi connectivity index (χ0) is 22.3. The van der Waals surface area contributed by atoms with Gasteiger partial charge in [-0.15, -0.1) is 0 Å². The van der Waals surface area contributed by atoms with E-state index in [1.807, 2.05) is 0 Å². The highest BCUT2D eigenvalue weighted by molar-refractivity contribution is 7.90. The van der Waals surface area contributed by atoms with E-state index >= 15 is 0 Å². The molecule has 0 radical (unpaired) electrons. The fourth-order valence-corrected chi connectivity index (χ4v) is 5.31. The summed E-state index contributed by atoms with van der Waals surface area (Å²) in [7, 11) is -4.23. The lowest BCUT2D eigenvalue weighted by Crippen LogP contribution is -2.40. The Bertz CT molecular complexity index is 960. The van der Waals surface area contributed by atoms with Crippen molar-refractivity contribution in [1.29, 1.82) is 5.26 Å². The topological polar surface area (TPSA) is 150 Å². The van der Waals surface area contributed by atoms with Gasteiger partial charge in [0.25, 0.3) is 15.7 Å². The number of hydrogen-bond donors (Lipinski definition) is 3. The Morgan fingerprint density at radius 2 is 1.74 bits per heavy atom. The summed E-state index contributed by atoms with van der Waals surface area (Å²) in [5.74, 6) is -0.162. The maximum atomic E-state index is 13.2. The zero-order valence-corrected chi connectivity index (χ0v) is 18.2. The summed E-state index contributed by atoms with van der Waals surface area (Å²) in [5, 5.41) is 25.8. The maximum absolute atomic E-state index is 13.2. The van der Waals surface area contributed by atoms with Crippen LogP contribution < -0.4 is 15.4 Å². The third-order valence-electron chi connectivity index (χ3n) is 5.72. The van der Waals surface area contributed by atoms with Crippen LogP contribution in [0.15, 0.2) is 28.1 Å². The molecule has 0 aliphatic heterocycles. The molecule has 0 atom stereocenters. The largest absolute Gasteiger partial charge is 0.381 e. The number of guanidine groups is 1. The first-order chi connectivity index (χ1) is 14.9. The Balaban J connectivity index is 1.90. The van der Waals surface area contributed by atoms with Crippen molar-refractivity contribution in [2.45, 2.75) is 81.2 Å². The molecule has 2 saturated carbocycles. The van der Waals surface area contributed by atoms with E-state index in [-0.39, 0.29) is 28.6 Å². The predicted octanol–water partition coefficient (Wildman–Crippen LogP) is 3.38. The Morgan fingerprint density at radius 3 is 2.35 bits per heavy atom. The minimum absolute atomic E-state index is 0.0720. The van der Waals surface area contributed by atoms with E-state index in [4.69, 9.17) is 5.26 Å². The molecule has 0 bridgehead atoms. The number of hydrogen-bond acceptors (Lipinski definition) is 7. The summed E-state index contributed by atoms with van der Waals surface area (Å²) in [6.07, 6.45) is 11.5. The van der Waals surface area contributed by atoms with Crippen LogP contribution in [0.4, 0.5) is 11.4 Å². The SMILES string of the molecule is N#CNC(=NC1CCCCC1)NS(=O)(=O)c1cc([N+](=O)[O-])ccc1NC1CCCCC1. The fraction of sp³-hybridized carbons (Fsp3) is 0.600. The van der Waals surface area contributed by atoms with Gasteiger partial charge >= 0.3 is 0 Å². The number of aliphatic imine (C=N–C) groups is 1. The number of nitro groups is 1. The second kappa shape index (κ2) is 10.4. The number of nitriles is 1. The molecule has 1 aromatic carbocycles. The summed E-state index contributed by atoms with van der Waals surface area (Å²) in [6, 6.07) is 3.79. The van der Waals surface area contributed by atoms with Gasteiger partial charge in [-0.25, -0.2) is 18.1 Å². The lowest BCUT2D eigenvalue weighted by Gasteiger charge is -2.25. The molecule has 11 heteroatoms. The fourth-order valence-electron chi connectivity index (χ4n) is 4.15. The van der Waals surface area contributed by atoms with Gasteiger partial charge in [-0.3, -0.25) is 15.4 Å². The number of rotatable bonds is 6. The van der Waals surface area contributed by atoms with Gasteiger partial charge in [-0.1, -0.05) is 38.5 Å². The summed E-state index contributed by atoms with van der Waals surface area (Å²) >= 11 is 0. The lowest BCUT2D eigenvalue weighted by molar-refractivity contribution is -0.385. The Hall–Kier alpha value is -2.87. The van der Waals surface area contributed by atoms with Crippen molar-refractivity contribution < 1.29 is 13.3 Å². The highest BCUT2D eigenvalue weighted by atomic mass is 32.2. The second-order valence-corrected chi connectivity index (χ2v) is 9.68. The normalized spacial score (nSPS) is 18.7. The summed E-state index contributed by atoms with van der Waals surface area (Å²) < 4.78 is 28.7. The minimum atomic E-state index is -4.23. The third kappa shape index (κ3) is 6.30. The van der Waals surface area contributed by atoms with Crippen molar-refractivity contribution in [2.24, 2.45) is 4.99 Å². The zero-order valence-electron chi connectivity index (χ0n) is 17.3. The number of nitrogens with one attached hydrogen (secondary N) is 3. The first kappa shape index (κ1) is 22.8. The van der Waals surface area contributed by atoms with E-state index in [9.17, 15) is 18.5 Å². The van der Waals surface area contributed by atoms with Gasteiger partial charge in [-0.05, 0) is 31.7 Å². The molecule has 3 N–H and O–H groups in total. The number of nitrogens with zero attached hydrogens (tertiary/aromatic N) is 3. The second-order valence-electron chi connectivity index (χ2n) is 8.03. The first-order valence-corrected chi connectivity index (χ1v) is 12.2. The predicted molar refractivity (Wildman–Crippen MR) is 117 cm³/mol. The van der Waals surface area contributed by atoms with Crippen LogP contribution in [0.1, 0.15) is 64.2 Å². The number of anilines is 1. The van der Waals surface area contributed by atoms with Crippen LogP contribution in [0.2, 0.25) is 0 Å². The quantitative estimate of drug-likeness (QED) is 0.151. The first-order valence-electron chi connectivity index (χ1n) is 10.7. The minimum Gasteiger partial charge on any atom is -0.381 e. The number of non-ortho nitro benzene ring substituents is 1. The van der Waals surface area contributed by atoms with Gasteiger partial charge in [0.15, 0.2) is 6.19 Å². The molecule has 31 heavy (non-hydrogen) atoms. The lowest BCUT2D eigenvalue weighted by atomic mass is 9.95. The monoisotopic (exact) mass is 448 g/mol. The van der Waals surface area contributed by atoms with E-state index in [0.717, 1.165) is 70.3 Å². The molecule has 2 aliphatic rings. The van der Waals surface area contributed by atoms with Crippen LogP contribution in [-0.2, 0) is 10.0 Å². The van der Waals surface area contributed by atoms with Crippen LogP contribution in [-0.4, -0.2) is 31.4 Å². The van der Waals surface area contributed by atoms with Gasteiger partial charge in [0, 0.05) is 18.2 Å². The molecule has 168 valence electrons. The molecule has 2 fully saturated rings. The standard InChI is InChI=1S/C20H28N6O4S/c21-14-22-20(24-16-9-5-2-6-10-16)25-31(29,30)19-13-17(26(27)28)11-12-18(19)23-15-7-3-1-4-8-15/h11-13,15-16,23H,1-10H2,(H2,22,24,25). The number of sulfonamides is 1. The van der Waals surface area contributed by atoms with E-state index in [1.54, 1.807) is 6.19 Å². The summed E-state index contributed by atoms with van der Waals surface area (Å²) in [4.78, 5) is 14.8. The van der Waals surface area contributed by atoms with Crippen molar-refractivity contribution in [1.82, 2.24) is 10.0 Å². The van der Waals surface area contributed by atoms with Gasteiger partial charge in [0.05, 0.1) is 16.7 Å². The summed E-state index contributed by atoms with van der Waals surface area (Å²) in [6.45, 7) is 0. The maximum Gasteiger partial charge on any atom is 0.270 e. The molecule has 3 rings (SSSR count). The van der Waals surface area contributed by atoms with Crippen molar-refractivity contribution >= 4 is 27.4 Å². The average Bonchev–Trinajstić information content (AvgIpc) is 2.75. The van der Waals surface area contributed by atoms with Crippen LogP contribution in [0.3, 0.4) is 0 Å². The molecule has 0 unspecified atom stereocenters. The molecule has 2 aliphatic carbocycles. The molecule has 0 spiro atoms. The molecule has 0 aromatic heterocycles. The van der Waals surface area contributed by atoms with E-state index in [2.05, 4.69) is 20.3 Å². The molecule has 1 aromatic rings. The Labute approximate surface area is 182 Å². The Kier molecular flexibility index (Phi) is 7.68. The third-order valence-corrected chi connectivity index (χ3v) is 7.10. The van der Waals surface area contributed by atoms with Gasteiger partial charge in [0.2, 0.25) is 5.96 Å². The van der Waals surface area contributed by atoms with Crippen molar-refractivity contribution in [2.75, 3.05) is 5.32 Å². The van der Waals surface area contributed by atoms with Crippen LogP contribution in [0.5, 0.6) is 0 Å². The average molecular weight is 449 g/mol. The number of benzene rings is 1. The summed E-state index contributed by atoms with van der Waals surface area (Å²) in [5.41, 5.74) is -0.0208. The van der Waals surface area contributed by atoms with Crippen molar-refractivity contribution in [3.63, 3.8) is 0 Å². The molecular weight excluding hydrogens is 420 g/mol. The molecular formula is C20H28N6O4S. The van der Waals surface area contributed by atoms with E-state index in [1.165, 1.54) is 12.1 Å². The van der Waals surface area contributed by atoms with Gasteiger partial charge in [-0.2, -0.15) is 5.26 Å². The molecule has 10 nitrogen and oxygen atoms in total. The van der Waals surface area contributed by atoms with Gasteiger partial charge in [0.1, 0.15) is 4.90 Å². The molecule has 0 saturated heterocycles. The van der Waals surface area contributed by atoms with E-state index in [0.29, 0.717) is 5.69 Å². The van der Waals surface area contributed by atoms with E-state index < -0.39 is 14.9 Å². The van der Waals surface area contributed by atoms with Crippen LogP contribution in [0, 0.1) is 21.6 Å².